The number of aromatic nitrogens is 2. The van der Waals surface area contributed by atoms with Crippen LogP contribution in [0.25, 0.3) is 10.9 Å². The van der Waals surface area contributed by atoms with E-state index >= 15 is 0 Å². The quantitative estimate of drug-likeness (QED) is 0.778. The smallest absolute Gasteiger partial charge is 0.0790 e. The molecule has 1 aliphatic rings. The summed E-state index contributed by atoms with van der Waals surface area (Å²) >= 11 is 0. The summed E-state index contributed by atoms with van der Waals surface area (Å²) in [5.41, 5.74) is 2.32. The van der Waals surface area contributed by atoms with Crippen molar-refractivity contribution in [1.29, 1.82) is 0 Å². The molecule has 0 aliphatic carbocycles. The molecule has 2 aromatic rings. The molecule has 102 valence electrons. The van der Waals surface area contributed by atoms with Gasteiger partial charge in [0.2, 0.25) is 0 Å². The van der Waals surface area contributed by atoms with Gasteiger partial charge in [-0.25, -0.2) is 0 Å². The van der Waals surface area contributed by atoms with Crippen molar-refractivity contribution in [3.8, 4) is 0 Å². The molecule has 0 spiro atoms. The van der Waals surface area contributed by atoms with Crippen molar-refractivity contribution in [3.63, 3.8) is 0 Å². The zero-order valence-corrected chi connectivity index (χ0v) is 11.6. The maximum atomic E-state index is 4.06. The predicted octanol–water partition coefficient (Wildman–Crippen LogP) is 1.43. The van der Waals surface area contributed by atoms with Crippen LogP contribution in [0.5, 0.6) is 0 Å². The first-order valence-electron chi connectivity index (χ1n) is 7.38. The van der Waals surface area contributed by atoms with Crippen LogP contribution in [0.15, 0.2) is 24.4 Å². The van der Waals surface area contributed by atoms with Crippen LogP contribution >= 0.6 is 0 Å². The number of nitrogens with zero attached hydrogens (tertiary/aromatic N) is 1. The fourth-order valence-corrected chi connectivity index (χ4v) is 3.04. The molecule has 1 aliphatic heterocycles. The van der Waals surface area contributed by atoms with Gasteiger partial charge in [0.05, 0.1) is 31.3 Å². The topological polar surface area (TPSA) is 45.1 Å². The van der Waals surface area contributed by atoms with E-state index in [9.17, 15) is 0 Å². The fraction of sp³-hybridized carbons (Fsp3) is 0.533. The summed E-state index contributed by atoms with van der Waals surface area (Å²) in [6.45, 7) is 6.21. The van der Waals surface area contributed by atoms with E-state index in [1.807, 2.05) is 6.20 Å². The minimum absolute atomic E-state index is 0.626. The maximum Gasteiger partial charge on any atom is 0.0790 e. The zero-order chi connectivity index (χ0) is 13.1. The third-order valence-electron chi connectivity index (χ3n) is 4.11. The van der Waals surface area contributed by atoms with Gasteiger partial charge in [0.1, 0.15) is 0 Å². The van der Waals surface area contributed by atoms with Crippen molar-refractivity contribution in [3.05, 3.63) is 24.4 Å². The highest BCUT2D eigenvalue weighted by atomic mass is 15.1. The number of aromatic amines is 1. The molecule has 3 N–H and O–H groups in total. The number of benzene rings is 1. The van der Waals surface area contributed by atoms with Crippen LogP contribution in [0.1, 0.15) is 26.2 Å². The normalized spacial score (nSPS) is 23.6. The monoisotopic (exact) mass is 259 g/mol. The van der Waals surface area contributed by atoms with Crippen LogP contribution in [-0.2, 0) is 0 Å². The summed E-state index contributed by atoms with van der Waals surface area (Å²) in [4.78, 5) is 1.77. The number of hydrogen-bond donors (Lipinski definition) is 3. The standard InChI is InChI=1S/C15H22N4/c1-2-7-19-8-5-13(6-9-19)17-14-4-3-12-11-16-18-15(12)10-14/h3-4,10-11,13,17H,2,5-9H2,1H3,(H,16,18)/p+1. The first-order valence-corrected chi connectivity index (χ1v) is 7.38. The molecule has 4 heteroatoms. The summed E-state index contributed by atoms with van der Waals surface area (Å²) in [6.07, 6.45) is 5.71. The molecule has 0 unspecified atom stereocenters. The Bertz CT molecular complexity index is 526. The van der Waals surface area contributed by atoms with Crippen molar-refractivity contribution < 1.29 is 4.90 Å². The highest BCUT2D eigenvalue weighted by Gasteiger charge is 2.21. The molecule has 0 atom stereocenters. The number of rotatable bonds is 4. The molecule has 1 saturated heterocycles. The van der Waals surface area contributed by atoms with Crippen molar-refractivity contribution in [2.75, 3.05) is 25.0 Å². The number of fused-ring (bicyclic) bond motifs is 1. The molecule has 2 heterocycles. The molecule has 1 aromatic carbocycles. The van der Waals surface area contributed by atoms with Gasteiger partial charge in [-0.2, -0.15) is 5.10 Å². The SMILES string of the molecule is CCC[NH+]1CCC(Nc2ccc3cn[nH]c3c2)CC1. The van der Waals surface area contributed by atoms with E-state index in [4.69, 9.17) is 0 Å². The molecular weight excluding hydrogens is 236 g/mol. The molecule has 4 nitrogen and oxygen atoms in total. The van der Waals surface area contributed by atoms with E-state index in [0.717, 1.165) is 5.52 Å². The lowest BCUT2D eigenvalue weighted by Crippen LogP contribution is -3.13. The van der Waals surface area contributed by atoms with Gasteiger partial charge in [-0.3, -0.25) is 5.10 Å². The van der Waals surface area contributed by atoms with Gasteiger partial charge in [-0.15, -0.1) is 0 Å². The fourth-order valence-electron chi connectivity index (χ4n) is 3.04. The van der Waals surface area contributed by atoms with Gasteiger partial charge < -0.3 is 10.2 Å². The van der Waals surface area contributed by atoms with E-state index in [2.05, 4.69) is 40.6 Å². The van der Waals surface area contributed by atoms with E-state index in [1.54, 1.807) is 4.90 Å². The lowest BCUT2D eigenvalue weighted by atomic mass is 10.0. The second-order valence-electron chi connectivity index (χ2n) is 5.59. The Kier molecular flexibility index (Phi) is 3.69. The predicted molar refractivity (Wildman–Crippen MR) is 78.6 cm³/mol. The second kappa shape index (κ2) is 5.61. The number of H-pyrrole nitrogens is 1. The van der Waals surface area contributed by atoms with E-state index in [1.165, 1.54) is 50.0 Å². The van der Waals surface area contributed by atoms with Gasteiger partial charge in [0.25, 0.3) is 0 Å². The molecular formula is C15H23N4+. The summed E-state index contributed by atoms with van der Waals surface area (Å²) in [7, 11) is 0. The minimum atomic E-state index is 0.626. The van der Waals surface area contributed by atoms with Gasteiger partial charge >= 0.3 is 0 Å². The number of quaternary nitrogens is 1. The summed E-state index contributed by atoms with van der Waals surface area (Å²) in [5.74, 6) is 0. The zero-order valence-electron chi connectivity index (χ0n) is 11.6. The van der Waals surface area contributed by atoms with Crippen LogP contribution in [0.4, 0.5) is 5.69 Å². The van der Waals surface area contributed by atoms with Crippen LogP contribution in [-0.4, -0.2) is 35.9 Å². The van der Waals surface area contributed by atoms with Gasteiger partial charge in [-0.05, 0) is 24.6 Å². The van der Waals surface area contributed by atoms with E-state index in [-0.39, 0.29) is 0 Å². The highest BCUT2D eigenvalue weighted by molar-refractivity contribution is 5.81. The number of anilines is 1. The van der Waals surface area contributed by atoms with Gasteiger partial charge in [0, 0.05) is 30.0 Å². The Morgan fingerprint density at radius 1 is 1.37 bits per heavy atom. The van der Waals surface area contributed by atoms with Crippen molar-refractivity contribution in [2.45, 2.75) is 32.2 Å². The lowest BCUT2D eigenvalue weighted by Gasteiger charge is -2.30. The Labute approximate surface area is 114 Å². The average molecular weight is 259 g/mol. The van der Waals surface area contributed by atoms with E-state index in [0.29, 0.717) is 6.04 Å². The maximum absolute atomic E-state index is 4.06. The molecule has 0 amide bonds. The number of likely N-dealkylation sites (tertiary alicyclic amines) is 1. The molecule has 0 saturated carbocycles. The number of hydrogen-bond acceptors (Lipinski definition) is 2. The molecule has 0 radical (unpaired) electrons. The van der Waals surface area contributed by atoms with Crippen molar-refractivity contribution in [2.24, 2.45) is 0 Å². The molecule has 19 heavy (non-hydrogen) atoms. The first kappa shape index (κ1) is 12.5. The number of nitrogens with one attached hydrogen (secondary N) is 3. The Hall–Kier alpha value is -1.55. The Morgan fingerprint density at radius 3 is 3.00 bits per heavy atom. The lowest BCUT2D eigenvalue weighted by molar-refractivity contribution is -0.905. The van der Waals surface area contributed by atoms with Crippen LogP contribution in [0.3, 0.4) is 0 Å². The van der Waals surface area contributed by atoms with Crippen LogP contribution in [0.2, 0.25) is 0 Å². The Morgan fingerprint density at radius 2 is 2.21 bits per heavy atom. The summed E-state index contributed by atoms with van der Waals surface area (Å²) < 4.78 is 0. The highest BCUT2D eigenvalue weighted by Crippen LogP contribution is 2.18. The Balaban J connectivity index is 1.59. The van der Waals surface area contributed by atoms with Gasteiger partial charge in [-0.1, -0.05) is 6.92 Å². The van der Waals surface area contributed by atoms with Crippen LogP contribution in [0, 0.1) is 0 Å². The molecule has 3 rings (SSSR count). The third kappa shape index (κ3) is 2.89. The molecule has 0 bridgehead atoms. The first-order chi connectivity index (χ1) is 9.35. The summed E-state index contributed by atoms with van der Waals surface area (Å²) in [5, 5.41) is 11.9. The number of piperidine rings is 1. The van der Waals surface area contributed by atoms with E-state index < -0.39 is 0 Å². The molecule has 1 fully saturated rings. The largest absolute Gasteiger partial charge is 0.382 e. The van der Waals surface area contributed by atoms with Crippen molar-refractivity contribution >= 4 is 16.6 Å². The average Bonchev–Trinajstić information content (AvgIpc) is 2.89. The van der Waals surface area contributed by atoms with Gasteiger partial charge in [0.15, 0.2) is 0 Å². The van der Waals surface area contributed by atoms with Crippen molar-refractivity contribution in [1.82, 2.24) is 10.2 Å². The third-order valence-corrected chi connectivity index (χ3v) is 4.11. The summed E-state index contributed by atoms with van der Waals surface area (Å²) in [6, 6.07) is 7.07. The van der Waals surface area contributed by atoms with Crippen LogP contribution < -0.4 is 10.2 Å². The molecule has 1 aromatic heterocycles. The minimum Gasteiger partial charge on any atom is -0.382 e. The second-order valence-corrected chi connectivity index (χ2v) is 5.59.